The Bertz CT molecular complexity index is 1090. The van der Waals surface area contributed by atoms with E-state index in [1.54, 1.807) is 0 Å². The first-order valence-electron chi connectivity index (χ1n) is 7.60. The van der Waals surface area contributed by atoms with Crippen molar-refractivity contribution in [1.82, 2.24) is 0 Å². The van der Waals surface area contributed by atoms with Crippen LogP contribution >= 0.6 is 0 Å². The fourth-order valence-corrected chi connectivity index (χ4v) is 3.90. The normalized spacial score (nSPS) is 12.0. The van der Waals surface area contributed by atoms with Gasteiger partial charge in [-0.2, -0.15) is 0 Å². The second-order valence-corrected chi connectivity index (χ2v) is 6.05. The van der Waals surface area contributed by atoms with E-state index in [4.69, 9.17) is 17.2 Å². The molecule has 0 saturated carbocycles. The van der Waals surface area contributed by atoms with Crippen LogP contribution in [0.5, 0.6) is 0 Å². The van der Waals surface area contributed by atoms with Crippen LogP contribution in [0.4, 0.5) is 17.1 Å². The predicted octanol–water partition coefficient (Wildman–Crippen LogP) is 4.39. The number of anilines is 3. The average molecular weight is 297 g/mol. The minimum Gasteiger partial charge on any atom is -0.398 e. The van der Waals surface area contributed by atoms with E-state index >= 15 is 0 Å². The van der Waals surface area contributed by atoms with Crippen LogP contribution in [0.2, 0.25) is 0 Å². The number of hydrogen-bond donors (Lipinski definition) is 3. The lowest BCUT2D eigenvalue weighted by molar-refractivity contribution is 1.70. The van der Waals surface area contributed by atoms with E-state index in [0.717, 1.165) is 60.9 Å². The van der Waals surface area contributed by atoms with Crippen molar-refractivity contribution in [2.75, 3.05) is 17.2 Å². The number of benzene rings is 4. The van der Waals surface area contributed by atoms with E-state index < -0.39 is 0 Å². The summed E-state index contributed by atoms with van der Waals surface area (Å²) < 4.78 is 0. The van der Waals surface area contributed by atoms with Crippen molar-refractivity contribution in [2.45, 2.75) is 0 Å². The number of hydrogen-bond acceptors (Lipinski definition) is 3. The van der Waals surface area contributed by atoms with Gasteiger partial charge in [0.2, 0.25) is 0 Å². The first kappa shape index (κ1) is 12.4. The number of rotatable bonds is 0. The summed E-state index contributed by atoms with van der Waals surface area (Å²) in [6, 6.07) is 18.2. The first-order valence-corrected chi connectivity index (χ1v) is 7.60. The summed E-state index contributed by atoms with van der Waals surface area (Å²) >= 11 is 0. The number of fused-ring (bicyclic) bond motifs is 4. The lowest BCUT2D eigenvalue weighted by Gasteiger charge is -2.14. The van der Waals surface area contributed by atoms with Gasteiger partial charge in [0.25, 0.3) is 0 Å². The summed E-state index contributed by atoms with van der Waals surface area (Å²) in [6.07, 6.45) is 0. The first-order chi connectivity index (χ1) is 11.2. The fourth-order valence-electron chi connectivity index (χ4n) is 3.90. The van der Waals surface area contributed by atoms with E-state index in [1.807, 2.05) is 36.4 Å². The van der Waals surface area contributed by atoms with Crippen LogP contribution in [0, 0.1) is 0 Å². The van der Waals surface area contributed by atoms with Crippen molar-refractivity contribution < 1.29 is 0 Å². The SMILES string of the molecule is Nc1c2c(c(N)c3ccccc13)-c1ccc(N)c3cccc-2c13. The molecule has 0 unspecified atom stereocenters. The molecule has 3 heteroatoms. The second-order valence-electron chi connectivity index (χ2n) is 6.05. The Morgan fingerprint density at radius 1 is 0.522 bits per heavy atom. The van der Waals surface area contributed by atoms with Crippen LogP contribution in [0.1, 0.15) is 0 Å². The van der Waals surface area contributed by atoms with E-state index in [0.29, 0.717) is 0 Å². The molecule has 0 saturated heterocycles. The molecule has 5 rings (SSSR count). The van der Waals surface area contributed by atoms with Gasteiger partial charge >= 0.3 is 0 Å². The minimum absolute atomic E-state index is 0.778. The zero-order chi connectivity index (χ0) is 15.7. The van der Waals surface area contributed by atoms with Crippen LogP contribution in [0.15, 0.2) is 54.6 Å². The van der Waals surface area contributed by atoms with Gasteiger partial charge in [-0.05, 0) is 22.6 Å². The topological polar surface area (TPSA) is 78.1 Å². The molecule has 0 fully saturated rings. The van der Waals surface area contributed by atoms with Crippen LogP contribution in [0.25, 0.3) is 43.8 Å². The largest absolute Gasteiger partial charge is 0.398 e. The van der Waals surface area contributed by atoms with Crippen molar-refractivity contribution in [3.05, 3.63) is 54.6 Å². The van der Waals surface area contributed by atoms with Gasteiger partial charge in [0.05, 0.1) is 0 Å². The molecule has 1 aliphatic carbocycles. The number of nitrogens with two attached hydrogens (primary N) is 3. The van der Waals surface area contributed by atoms with Crippen molar-refractivity contribution >= 4 is 38.6 Å². The maximum atomic E-state index is 6.55. The Kier molecular flexibility index (Phi) is 2.13. The average Bonchev–Trinajstić information content (AvgIpc) is 2.92. The van der Waals surface area contributed by atoms with Gasteiger partial charge in [-0.1, -0.05) is 48.5 Å². The highest BCUT2D eigenvalue weighted by molar-refractivity contribution is 6.27. The van der Waals surface area contributed by atoms with Gasteiger partial charge < -0.3 is 17.2 Å². The molecular formula is C20H15N3. The lowest BCUT2D eigenvalue weighted by atomic mass is 9.94. The highest BCUT2D eigenvalue weighted by atomic mass is 14.6. The van der Waals surface area contributed by atoms with Crippen molar-refractivity contribution in [2.24, 2.45) is 0 Å². The summed E-state index contributed by atoms with van der Waals surface area (Å²) in [5, 5.41) is 4.21. The fraction of sp³-hybridized carbons (Fsp3) is 0. The Morgan fingerprint density at radius 2 is 1.09 bits per heavy atom. The van der Waals surface area contributed by atoms with E-state index in [2.05, 4.69) is 18.2 Å². The third-order valence-electron chi connectivity index (χ3n) is 4.91. The Labute approximate surface area is 133 Å². The molecule has 0 amide bonds. The van der Waals surface area contributed by atoms with Crippen LogP contribution in [-0.2, 0) is 0 Å². The minimum atomic E-state index is 0.778. The molecule has 0 atom stereocenters. The molecule has 6 N–H and O–H groups in total. The van der Waals surface area contributed by atoms with Crippen molar-refractivity contribution in [1.29, 1.82) is 0 Å². The Morgan fingerprint density at radius 3 is 1.74 bits per heavy atom. The van der Waals surface area contributed by atoms with Gasteiger partial charge in [0.1, 0.15) is 0 Å². The third kappa shape index (κ3) is 1.35. The Balaban J connectivity index is 2.09. The molecule has 0 aliphatic heterocycles. The smallest absolute Gasteiger partial charge is 0.0481 e. The lowest BCUT2D eigenvalue weighted by Crippen LogP contribution is -1.97. The van der Waals surface area contributed by atoms with Gasteiger partial charge in [0.15, 0.2) is 0 Å². The van der Waals surface area contributed by atoms with Crippen LogP contribution in [-0.4, -0.2) is 0 Å². The van der Waals surface area contributed by atoms with Gasteiger partial charge in [-0.15, -0.1) is 0 Å². The van der Waals surface area contributed by atoms with Gasteiger partial charge in [0, 0.05) is 44.3 Å². The molecule has 1 aliphatic rings. The highest BCUT2D eigenvalue weighted by Gasteiger charge is 2.27. The van der Waals surface area contributed by atoms with Crippen molar-refractivity contribution in [3.63, 3.8) is 0 Å². The second kappa shape index (κ2) is 3.96. The molecule has 0 bridgehead atoms. The molecule has 0 heterocycles. The molecular weight excluding hydrogens is 282 g/mol. The van der Waals surface area contributed by atoms with Gasteiger partial charge in [-0.3, -0.25) is 0 Å². The van der Waals surface area contributed by atoms with Crippen LogP contribution < -0.4 is 17.2 Å². The highest BCUT2D eigenvalue weighted by Crippen LogP contribution is 2.55. The molecule has 23 heavy (non-hydrogen) atoms. The zero-order valence-corrected chi connectivity index (χ0v) is 12.4. The summed E-state index contributed by atoms with van der Waals surface area (Å²) in [4.78, 5) is 0. The molecule has 4 aromatic carbocycles. The van der Waals surface area contributed by atoms with Gasteiger partial charge in [-0.25, -0.2) is 0 Å². The van der Waals surface area contributed by atoms with E-state index in [1.165, 1.54) is 0 Å². The molecule has 0 aromatic heterocycles. The predicted molar refractivity (Wildman–Crippen MR) is 99.1 cm³/mol. The Hall–Kier alpha value is -3.20. The summed E-state index contributed by atoms with van der Waals surface area (Å²) in [6.45, 7) is 0. The molecule has 0 spiro atoms. The number of nitrogen functional groups attached to an aromatic ring is 3. The van der Waals surface area contributed by atoms with E-state index in [-0.39, 0.29) is 0 Å². The molecule has 0 radical (unpaired) electrons. The molecule has 4 aromatic rings. The zero-order valence-electron chi connectivity index (χ0n) is 12.4. The summed E-state index contributed by atoms with van der Waals surface area (Å²) in [5.74, 6) is 0. The van der Waals surface area contributed by atoms with Crippen LogP contribution in [0.3, 0.4) is 0 Å². The molecule has 3 nitrogen and oxygen atoms in total. The standard InChI is InChI=1S/C20H15N3/c21-15-9-8-14-16-12(15)6-3-7-13(16)17-18(14)20(23)11-5-2-1-4-10(11)19(17)22/h1-9H,21-23H2. The summed E-state index contributed by atoms with van der Waals surface area (Å²) in [7, 11) is 0. The summed E-state index contributed by atoms with van der Waals surface area (Å²) in [5.41, 5.74) is 25.9. The molecule has 110 valence electrons. The van der Waals surface area contributed by atoms with Crippen molar-refractivity contribution in [3.8, 4) is 22.3 Å². The maximum Gasteiger partial charge on any atom is 0.0481 e. The maximum absolute atomic E-state index is 6.55. The van der Waals surface area contributed by atoms with E-state index in [9.17, 15) is 0 Å². The quantitative estimate of drug-likeness (QED) is 0.293. The third-order valence-corrected chi connectivity index (χ3v) is 4.91. The monoisotopic (exact) mass is 297 g/mol.